The highest BCUT2D eigenvalue weighted by molar-refractivity contribution is 7.91. The predicted octanol–water partition coefficient (Wildman–Crippen LogP) is 3.64. The molecule has 5 heteroatoms. The van der Waals surface area contributed by atoms with Crippen molar-refractivity contribution < 1.29 is 13.2 Å². The number of sulfone groups is 1. The number of hydrogen-bond donors (Lipinski definition) is 0. The lowest BCUT2D eigenvalue weighted by Crippen LogP contribution is -2.39. The summed E-state index contributed by atoms with van der Waals surface area (Å²) in [6, 6.07) is 17.2. The number of piperidine rings is 1. The quantitative estimate of drug-likeness (QED) is 0.763. The maximum Gasteiger partial charge on any atom is 0.223 e. The lowest BCUT2D eigenvalue weighted by Gasteiger charge is -2.32. The highest BCUT2D eigenvalue weighted by Gasteiger charge is 2.24. The molecule has 2 aromatic carbocycles. The zero-order chi connectivity index (χ0) is 19.3. The van der Waals surface area contributed by atoms with Crippen molar-refractivity contribution >= 4 is 15.7 Å². The van der Waals surface area contributed by atoms with Crippen LogP contribution in [0.1, 0.15) is 30.4 Å². The molecule has 2 aromatic rings. The molecule has 1 aliphatic rings. The van der Waals surface area contributed by atoms with E-state index in [9.17, 15) is 13.2 Å². The van der Waals surface area contributed by atoms with Crippen molar-refractivity contribution in [2.24, 2.45) is 5.92 Å². The van der Waals surface area contributed by atoms with Crippen molar-refractivity contribution in [2.45, 2.75) is 37.5 Å². The van der Waals surface area contributed by atoms with E-state index in [1.807, 2.05) is 17.9 Å². The van der Waals surface area contributed by atoms with Gasteiger partial charge in [0.1, 0.15) is 0 Å². The first kappa shape index (κ1) is 19.6. The Hall–Kier alpha value is -2.14. The van der Waals surface area contributed by atoms with Gasteiger partial charge in [-0.1, -0.05) is 48.0 Å². The molecule has 1 heterocycles. The van der Waals surface area contributed by atoms with Crippen molar-refractivity contribution in [3.8, 4) is 0 Å². The number of amides is 1. The molecule has 0 aromatic heterocycles. The van der Waals surface area contributed by atoms with E-state index in [0.29, 0.717) is 10.8 Å². The first-order valence-electron chi connectivity index (χ1n) is 9.55. The molecule has 4 nitrogen and oxygen atoms in total. The van der Waals surface area contributed by atoms with Gasteiger partial charge in [0.05, 0.1) is 10.6 Å². The highest BCUT2D eigenvalue weighted by Crippen LogP contribution is 2.22. The lowest BCUT2D eigenvalue weighted by atomic mass is 9.90. The summed E-state index contributed by atoms with van der Waals surface area (Å²) >= 11 is 0. The Kier molecular flexibility index (Phi) is 6.32. The van der Waals surface area contributed by atoms with Crippen LogP contribution in [0.3, 0.4) is 0 Å². The smallest absolute Gasteiger partial charge is 0.223 e. The van der Waals surface area contributed by atoms with E-state index in [1.54, 1.807) is 24.3 Å². The minimum atomic E-state index is -3.41. The number of nitrogens with zero attached hydrogens (tertiary/aromatic N) is 1. The molecule has 0 unspecified atom stereocenters. The fourth-order valence-corrected chi connectivity index (χ4v) is 4.81. The number of carbonyl (C=O) groups excluding carboxylic acids is 1. The Morgan fingerprint density at radius 3 is 2.26 bits per heavy atom. The number of benzene rings is 2. The standard InChI is InChI=1S/C22H27NO3S/c1-18-7-9-21(10-8-18)27(25,26)16-13-22(24)23-14-11-20(12-15-23)17-19-5-3-2-4-6-19/h2-10,20H,11-17H2,1H3. The van der Waals surface area contributed by atoms with E-state index >= 15 is 0 Å². The van der Waals surface area contributed by atoms with E-state index in [0.717, 1.165) is 37.9 Å². The van der Waals surface area contributed by atoms with Crippen molar-refractivity contribution in [1.82, 2.24) is 4.90 Å². The molecular weight excluding hydrogens is 358 g/mol. The Bertz CT molecular complexity index is 852. The van der Waals surface area contributed by atoms with Gasteiger partial charge in [-0.25, -0.2) is 8.42 Å². The van der Waals surface area contributed by atoms with Gasteiger partial charge in [0.2, 0.25) is 5.91 Å². The normalized spacial score (nSPS) is 15.7. The second kappa shape index (κ2) is 8.70. The molecule has 0 bridgehead atoms. The summed E-state index contributed by atoms with van der Waals surface area (Å²) in [5, 5.41) is 0. The Morgan fingerprint density at radius 2 is 1.63 bits per heavy atom. The van der Waals surface area contributed by atoms with Gasteiger partial charge in [0, 0.05) is 19.5 Å². The molecule has 0 saturated carbocycles. The maximum absolute atomic E-state index is 12.5. The molecule has 0 N–H and O–H groups in total. The average Bonchev–Trinajstić information content (AvgIpc) is 2.68. The van der Waals surface area contributed by atoms with Gasteiger partial charge in [-0.3, -0.25) is 4.79 Å². The number of likely N-dealkylation sites (tertiary alicyclic amines) is 1. The van der Waals surface area contributed by atoms with E-state index in [2.05, 4.69) is 24.3 Å². The summed E-state index contributed by atoms with van der Waals surface area (Å²) in [6.07, 6.45) is 3.06. The molecule has 1 amide bonds. The zero-order valence-electron chi connectivity index (χ0n) is 15.8. The van der Waals surface area contributed by atoms with E-state index < -0.39 is 9.84 Å². The van der Waals surface area contributed by atoms with Gasteiger partial charge in [0.15, 0.2) is 9.84 Å². The number of rotatable bonds is 6. The van der Waals surface area contributed by atoms with Crippen LogP contribution in [-0.4, -0.2) is 38.1 Å². The number of hydrogen-bond acceptors (Lipinski definition) is 3. The second-order valence-electron chi connectivity index (χ2n) is 7.40. The summed E-state index contributed by atoms with van der Waals surface area (Å²) in [6.45, 7) is 3.36. The molecule has 1 aliphatic heterocycles. The van der Waals surface area contributed by atoms with Crippen LogP contribution in [0.4, 0.5) is 0 Å². The van der Waals surface area contributed by atoms with E-state index in [-0.39, 0.29) is 18.1 Å². The summed E-state index contributed by atoms with van der Waals surface area (Å²) in [5.74, 6) is 0.412. The van der Waals surface area contributed by atoms with Crippen LogP contribution in [0, 0.1) is 12.8 Å². The molecule has 0 radical (unpaired) electrons. The Balaban J connectivity index is 1.47. The molecule has 3 rings (SSSR count). The Morgan fingerprint density at radius 1 is 1.00 bits per heavy atom. The number of carbonyl (C=O) groups is 1. The molecule has 27 heavy (non-hydrogen) atoms. The van der Waals surface area contributed by atoms with Crippen LogP contribution >= 0.6 is 0 Å². The molecule has 0 aliphatic carbocycles. The third kappa shape index (κ3) is 5.42. The summed E-state index contributed by atoms with van der Waals surface area (Å²) in [5.41, 5.74) is 2.36. The predicted molar refractivity (Wildman–Crippen MR) is 107 cm³/mol. The van der Waals surface area contributed by atoms with Crippen molar-refractivity contribution in [1.29, 1.82) is 0 Å². The van der Waals surface area contributed by atoms with Crippen molar-refractivity contribution in [3.05, 3.63) is 65.7 Å². The van der Waals surface area contributed by atoms with E-state index in [4.69, 9.17) is 0 Å². The van der Waals surface area contributed by atoms with Crippen LogP contribution in [-0.2, 0) is 21.1 Å². The topological polar surface area (TPSA) is 54.5 Å². The van der Waals surface area contributed by atoms with Gasteiger partial charge in [-0.05, 0) is 49.8 Å². The minimum Gasteiger partial charge on any atom is -0.343 e. The molecular formula is C22H27NO3S. The summed E-state index contributed by atoms with van der Waals surface area (Å²) in [4.78, 5) is 14.6. The first-order valence-corrected chi connectivity index (χ1v) is 11.2. The molecule has 144 valence electrons. The van der Waals surface area contributed by atoms with Gasteiger partial charge in [0.25, 0.3) is 0 Å². The van der Waals surface area contributed by atoms with Crippen molar-refractivity contribution in [3.63, 3.8) is 0 Å². The van der Waals surface area contributed by atoms with Crippen molar-refractivity contribution in [2.75, 3.05) is 18.8 Å². The second-order valence-corrected chi connectivity index (χ2v) is 9.50. The van der Waals surface area contributed by atoms with Gasteiger partial charge in [-0.15, -0.1) is 0 Å². The van der Waals surface area contributed by atoms with Crippen LogP contribution < -0.4 is 0 Å². The fourth-order valence-electron chi connectivity index (χ4n) is 3.58. The average molecular weight is 386 g/mol. The molecule has 1 fully saturated rings. The highest BCUT2D eigenvalue weighted by atomic mass is 32.2. The van der Waals surface area contributed by atoms with Crippen LogP contribution in [0.2, 0.25) is 0 Å². The van der Waals surface area contributed by atoms with Gasteiger partial charge >= 0.3 is 0 Å². The SMILES string of the molecule is Cc1ccc(S(=O)(=O)CCC(=O)N2CCC(Cc3ccccc3)CC2)cc1. The fraction of sp³-hybridized carbons (Fsp3) is 0.409. The molecule has 0 atom stereocenters. The van der Waals surface area contributed by atoms with Gasteiger partial charge in [-0.2, -0.15) is 0 Å². The maximum atomic E-state index is 12.5. The van der Waals surface area contributed by atoms with Crippen LogP contribution in [0.25, 0.3) is 0 Å². The lowest BCUT2D eigenvalue weighted by molar-refractivity contribution is -0.132. The van der Waals surface area contributed by atoms with Crippen LogP contribution in [0.5, 0.6) is 0 Å². The molecule has 1 saturated heterocycles. The zero-order valence-corrected chi connectivity index (χ0v) is 16.6. The Labute approximate surface area is 162 Å². The first-order chi connectivity index (χ1) is 12.9. The van der Waals surface area contributed by atoms with Crippen LogP contribution in [0.15, 0.2) is 59.5 Å². The summed E-state index contributed by atoms with van der Waals surface area (Å²) < 4.78 is 24.8. The van der Waals surface area contributed by atoms with E-state index in [1.165, 1.54) is 5.56 Å². The monoisotopic (exact) mass is 385 g/mol. The number of aryl methyl sites for hydroxylation is 1. The third-order valence-electron chi connectivity index (χ3n) is 5.30. The molecule has 0 spiro atoms. The third-order valence-corrected chi connectivity index (χ3v) is 7.03. The minimum absolute atomic E-state index is 0.0520. The largest absolute Gasteiger partial charge is 0.343 e. The summed E-state index contributed by atoms with van der Waals surface area (Å²) in [7, 11) is -3.41. The van der Waals surface area contributed by atoms with Gasteiger partial charge < -0.3 is 4.90 Å².